The van der Waals surface area contributed by atoms with Crippen LogP contribution in [0.1, 0.15) is 35.4 Å². The van der Waals surface area contributed by atoms with Gasteiger partial charge in [0.25, 0.3) is 0 Å². The Morgan fingerprint density at radius 2 is 1.74 bits per heavy atom. The fourth-order valence-corrected chi connectivity index (χ4v) is 4.09. The Kier molecular flexibility index (Phi) is 4.26. The molecule has 0 radical (unpaired) electrons. The van der Waals surface area contributed by atoms with Gasteiger partial charge >= 0.3 is 6.18 Å². The van der Waals surface area contributed by atoms with Crippen LogP contribution in [-0.2, 0) is 16.4 Å². The van der Waals surface area contributed by atoms with E-state index in [2.05, 4.69) is 0 Å². The van der Waals surface area contributed by atoms with Crippen molar-refractivity contribution in [2.45, 2.75) is 36.4 Å². The summed E-state index contributed by atoms with van der Waals surface area (Å²) in [7, 11) is 0. The number of nitrogens with two attached hydrogens (primary N) is 1. The van der Waals surface area contributed by atoms with Gasteiger partial charge in [-0.2, -0.15) is 13.2 Å². The van der Waals surface area contributed by atoms with Crippen LogP contribution in [0.5, 0.6) is 0 Å². The van der Waals surface area contributed by atoms with Crippen LogP contribution in [0.25, 0.3) is 0 Å². The highest BCUT2D eigenvalue weighted by molar-refractivity contribution is 5.91. The maximum atomic E-state index is 13.2. The maximum Gasteiger partial charge on any atom is 0.416 e. The molecule has 6 heteroatoms. The Balaban J connectivity index is 1.57. The summed E-state index contributed by atoms with van der Waals surface area (Å²) in [6.45, 7) is 0.934. The molecule has 27 heavy (non-hydrogen) atoms. The summed E-state index contributed by atoms with van der Waals surface area (Å²) in [5, 5.41) is 0. The molecule has 2 atom stereocenters. The first-order valence-electron chi connectivity index (χ1n) is 9.09. The smallest absolute Gasteiger partial charge is 0.340 e. The van der Waals surface area contributed by atoms with E-state index in [1.165, 1.54) is 6.07 Å². The van der Waals surface area contributed by atoms with E-state index in [1.54, 1.807) is 11.0 Å². The lowest BCUT2D eigenvalue weighted by atomic mass is 9.92. The molecular weight excluding hydrogens is 353 g/mol. The molecule has 2 aromatic rings. The molecule has 4 rings (SSSR count). The van der Waals surface area contributed by atoms with Gasteiger partial charge in [0, 0.05) is 25.0 Å². The van der Waals surface area contributed by atoms with Crippen LogP contribution >= 0.6 is 0 Å². The molecule has 0 spiro atoms. The third kappa shape index (κ3) is 3.23. The van der Waals surface area contributed by atoms with Crippen LogP contribution < -0.4 is 5.73 Å². The zero-order valence-electron chi connectivity index (χ0n) is 14.7. The summed E-state index contributed by atoms with van der Waals surface area (Å²) >= 11 is 0. The number of benzene rings is 2. The van der Waals surface area contributed by atoms with Gasteiger partial charge in [-0.3, -0.25) is 4.79 Å². The van der Waals surface area contributed by atoms with E-state index in [0.29, 0.717) is 31.5 Å². The van der Waals surface area contributed by atoms with Gasteiger partial charge < -0.3 is 10.6 Å². The number of likely N-dealkylation sites (tertiary alicyclic amines) is 1. The molecule has 2 aliphatic rings. The molecule has 1 saturated heterocycles. The number of alkyl halides is 3. The number of hydrogen-bond donors (Lipinski definition) is 1. The molecule has 142 valence electrons. The normalized spacial score (nSPS) is 24.1. The average molecular weight is 374 g/mol. The van der Waals surface area contributed by atoms with E-state index >= 15 is 0 Å². The van der Waals surface area contributed by atoms with Crippen molar-refractivity contribution in [1.29, 1.82) is 0 Å². The maximum absolute atomic E-state index is 13.2. The van der Waals surface area contributed by atoms with Crippen molar-refractivity contribution >= 4 is 5.91 Å². The minimum absolute atomic E-state index is 0.0486. The second kappa shape index (κ2) is 6.37. The number of carbonyl (C=O) groups is 1. The van der Waals surface area contributed by atoms with Crippen molar-refractivity contribution < 1.29 is 18.0 Å². The second-order valence-electron chi connectivity index (χ2n) is 7.55. The van der Waals surface area contributed by atoms with Crippen molar-refractivity contribution in [2.75, 3.05) is 13.1 Å². The standard InChI is InChI=1S/C21H21F3N2O/c22-21(23,24)16-8-4-7-15(11-16)20(9-10-20)19(27)26-12-17(18(25)13-26)14-5-2-1-3-6-14/h1-8,11,17-18H,9-10,12-13,25H2/t17-,18+/m0/s1. The van der Waals surface area contributed by atoms with Crippen molar-refractivity contribution in [2.24, 2.45) is 5.73 Å². The van der Waals surface area contributed by atoms with Crippen LogP contribution in [0.2, 0.25) is 0 Å². The number of hydrogen-bond acceptors (Lipinski definition) is 2. The number of amides is 1. The highest BCUT2D eigenvalue weighted by Crippen LogP contribution is 2.51. The number of halogens is 3. The first-order chi connectivity index (χ1) is 12.8. The Hall–Kier alpha value is -2.34. The molecule has 1 aliphatic heterocycles. The minimum Gasteiger partial charge on any atom is -0.340 e. The Bertz CT molecular complexity index is 846. The lowest BCUT2D eigenvalue weighted by Crippen LogP contribution is -2.39. The summed E-state index contributed by atoms with van der Waals surface area (Å²) < 4.78 is 39.2. The van der Waals surface area contributed by atoms with Gasteiger partial charge in [-0.1, -0.05) is 48.5 Å². The van der Waals surface area contributed by atoms with E-state index in [0.717, 1.165) is 17.7 Å². The molecule has 2 fully saturated rings. The highest BCUT2D eigenvalue weighted by Gasteiger charge is 2.54. The summed E-state index contributed by atoms with van der Waals surface area (Å²) in [5.41, 5.74) is 6.29. The van der Waals surface area contributed by atoms with Crippen molar-refractivity contribution in [3.8, 4) is 0 Å². The molecule has 1 heterocycles. The van der Waals surface area contributed by atoms with E-state index in [9.17, 15) is 18.0 Å². The van der Waals surface area contributed by atoms with Crippen molar-refractivity contribution in [1.82, 2.24) is 4.90 Å². The first-order valence-corrected chi connectivity index (χ1v) is 9.09. The molecule has 0 unspecified atom stereocenters. The minimum atomic E-state index is -4.41. The second-order valence-corrected chi connectivity index (χ2v) is 7.55. The van der Waals surface area contributed by atoms with Gasteiger partial charge in [-0.05, 0) is 30.0 Å². The quantitative estimate of drug-likeness (QED) is 0.891. The molecule has 2 aromatic carbocycles. The molecule has 2 N–H and O–H groups in total. The Morgan fingerprint density at radius 3 is 2.37 bits per heavy atom. The molecule has 1 amide bonds. The largest absolute Gasteiger partial charge is 0.416 e. The van der Waals surface area contributed by atoms with Gasteiger partial charge in [-0.25, -0.2) is 0 Å². The SMILES string of the molecule is N[C@@H]1CN(C(=O)C2(c3cccc(C(F)(F)F)c3)CC2)C[C@H]1c1ccccc1. The van der Waals surface area contributed by atoms with Crippen LogP contribution in [0.3, 0.4) is 0 Å². The zero-order chi connectivity index (χ0) is 19.2. The lowest BCUT2D eigenvalue weighted by Gasteiger charge is -2.24. The third-order valence-corrected chi connectivity index (χ3v) is 5.78. The number of nitrogens with zero attached hydrogens (tertiary/aromatic N) is 1. The van der Waals surface area contributed by atoms with E-state index in [4.69, 9.17) is 5.73 Å². The molecule has 0 aromatic heterocycles. The summed E-state index contributed by atoms with van der Waals surface area (Å²) in [4.78, 5) is 14.9. The Labute approximate surface area is 156 Å². The molecule has 1 aliphatic carbocycles. The van der Waals surface area contributed by atoms with Gasteiger partial charge in [0.05, 0.1) is 11.0 Å². The zero-order valence-corrected chi connectivity index (χ0v) is 14.7. The number of carbonyl (C=O) groups excluding carboxylic acids is 1. The van der Waals surface area contributed by atoms with Crippen molar-refractivity contribution in [3.63, 3.8) is 0 Å². The third-order valence-electron chi connectivity index (χ3n) is 5.78. The molecule has 3 nitrogen and oxygen atoms in total. The van der Waals surface area contributed by atoms with E-state index in [1.807, 2.05) is 30.3 Å². The molecular formula is C21H21F3N2O. The monoisotopic (exact) mass is 374 g/mol. The predicted molar refractivity (Wildman–Crippen MR) is 96.1 cm³/mol. The van der Waals surface area contributed by atoms with Crippen LogP contribution in [0.15, 0.2) is 54.6 Å². The van der Waals surface area contributed by atoms with E-state index in [-0.39, 0.29) is 17.9 Å². The molecule has 0 bridgehead atoms. The van der Waals surface area contributed by atoms with Gasteiger partial charge in [0.15, 0.2) is 0 Å². The Morgan fingerprint density at radius 1 is 1.04 bits per heavy atom. The van der Waals surface area contributed by atoms with Crippen molar-refractivity contribution in [3.05, 3.63) is 71.3 Å². The van der Waals surface area contributed by atoms with Crippen LogP contribution in [0, 0.1) is 0 Å². The first kappa shape index (κ1) is 18.0. The van der Waals surface area contributed by atoms with Crippen LogP contribution in [-0.4, -0.2) is 29.9 Å². The fraction of sp³-hybridized carbons (Fsp3) is 0.381. The summed E-state index contributed by atoms with van der Waals surface area (Å²) in [6, 6.07) is 14.8. The van der Waals surface area contributed by atoms with Gasteiger partial charge in [0.2, 0.25) is 5.91 Å². The highest BCUT2D eigenvalue weighted by atomic mass is 19.4. The topological polar surface area (TPSA) is 46.3 Å². The predicted octanol–water partition coefficient (Wildman–Crippen LogP) is 3.69. The van der Waals surface area contributed by atoms with Gasteiger partial charge in [0.1, 0.15) is 0 Å². The van der Waals surface area contributed by atoms with Crippen LogP contribution in [0.4, 0.5) is 13.2 Å². The summed E-state index contributed by atoms with van der Waals surface area (Å²) in [6.07, 6.45) is -3.26. The number of rotatable bonds is 3. The summed E-state index contributed by atoms with van der Waals surface area (Å²) in [5.74, 6) is -0.0526. The fourth-order valence-electron chi connectivity index (χ4n) is 4.09. The lowest BCUT2D eigenvalue weighted by molar-refractivity contribution is -0.138. The molecule has 1 saturated carbocycles. The van der Waals surface area contributed by atoms with Gasteiger partial charge in [-0.15, -0.1) is 0 Å². The average Bonchev–Trinajstić information content (AvgIpc) is 3.38. The van der Waals surface area contributed by atoms with E-state index < -0.39 is 17.2 Å².